The van der Waals surface area contributed by atoms with Gasteiger partial charge < -0.3 is 57.9 Å². The maximum atomic E-state index is 12.7. The van der Waals surface area contributed by atoms with Crippen molar-refractivity contribution in [3.8, 4) is 11.5 Å². The number of carboxylic acids is 2. The first-order chi connectivity index (χ1) is 41.6. The van der Waals surface area contributed by atoms with E-state index in [0.717, 1.165) is 72.3 Å². The number of aliphatic carboxylic acids is 2. The molecular weight excluding hydrogens is 1120 g/mol. The third-order valence-electron chi connectivity index (χ3n) is 16.3. The predicted molar refractivity (Wildman–Crippen MR) is 337 cm³/mol. The topological polar surface area (TPSA) is 215 Å². The first-order valence-corrected chi connectivity index (χ1v) is 31.0. The Bertz CT molecular complexity index is 3260. The summed E-state index contributed by atoms with van der Waals surface area (Å²) in [5.41, 5.74) is 7.06. The van der Waals surface area contributed by atoms with Crippen LogP contribution in [0.3, 0.4) is 0 Å². The molecule has 6 aliphatic rings. The van der Waals surface area contributed by atoms with Crippen LogP contribution in [0.5, 0.6) is 11.5 Å². The maximum absolute atomic E-state index is 12.7. The van der Waals surface area contributed by atoms with Gasteiger partial charge in [0.05, 0.1) is 96.8 Å². The lowest BCUT2D eigenvalue weighted by atomic mass is 9.92. The van der Waals surface area contributed by atoms with E-state index in [0.29, 0.717) is 109 Å². The fourth-order valence-corrected chi connectivity index (χ4v) is 11.6. The van der Waals surface area contributed by atoms with Crippen LogP contribution < -0.4 is 19.3 Å². The van der Waals surface area contributed by atoms with Crippen LogP contribution >= 0.6 is 0 Å². The number of carbonyl (C=O) groups is 2. The minimum atomic E-state index is -1.21. The van der Waals surface area contributed by atoms with Crippen molar-refractivity contribution in [3.63, 3.8) is 0 Å². The van der Waals surface area contributed by atoms with Crippen molar-refractivity contribution in [1.82, 2.24) is 29.2 Å². The summed E-state index contributed by atoms with van der Waals surface area (Å²) in [6.45, 7) is 32.3. The van der Waals surface area contributed by atoms with Crippen LogP contribution in [0, 0.1) is 27.7 Å². The Balaban J connectivity index is 0.000000209. The Hall–Kier alpha value is -6.94. The predicted octanol–water partition coefficient (Wildman–Crippen LogP) is 12.2. The highest BCUT2D eigenvalue weighted by Gasteiger charge is 2.40. The minimum Gasteiger partial charge on any atom is -0.490 e. The van der Waals surface area contributed by atoms with Gasteiger partial charge in [-0.15, -0.1) is 0 Å². The first kappa shape index (κ1) is 65.5. The lowest BCUT2D eigenvalue weighted by Crippen LogP contribution is -2.45. The molecule has 0 saturated carbocycles. The molecule has 2 aromatic carbocycles. The number of anilines is 2. The van der Waals surface area contributed by atoms with Gasteiger partial charge in [0.15, 0.2) is 23.5 Å². The zero-order chi connectivity index (χ0) is 63.3. The van der Waals surface area contributed by atoms with E-state index in [1.165, 1.54) is 0 Å². The van der Waals surface area contributed by atoms with Crippen LogP contribution in [0.1, 0.15) is 176 Å². The molecule has 10 heterocycles. The van der Waals surface area contributed by atoms with Crippen molar-refractivity contribution in [3.05, 3.63) is 129 Å². The second kappa shape index (κ2) is 27.4. The van der Waals surface area contributed by atoms with Gasteiger partial charge in [-0.1, -0.05) is 48.6 Å². The van der Waals surface area contributed by atoms with Crippen molar-refractivity contribution in [2.75, 3.05) is 49.2 Å². The number of aryl methyl sites for hydroxylation is 4. The van der Waals surface area contributed by atoms with Crippen molar-refractivity contribution in [1.29, 1.82) is 0 Å². The lowest BCUT2D eigenvalue weighted by molar-refractivity contribution is -0.161. The number of aromatic nitrogens is 6. The van der Waals surface area contributed by atoms with Gasteiger partial charge in [0.2, 0.25) is 0 Å². The summed E-state index contributed by atoms with van der Waals surface area (Å²) in [6, 6.07) is 16.1. The summed E-state index contributed by atoms with van der Waals surface area (Å²) in [5, 5.41) is 30.5. The molecule has 0 unspecified atom stereocenters. The number of fused-ring (bicyclic) bond motifs is 18. The number of hydrogen-bond acceptors (Lipinski definition) is 16. The van der Waals surface area contributed by atoms with E-state index < -0.39 is 35.3 Å². The van der Waals surface area contributed by atoms with Crippen molar-refractivity contribution in [2.45, 2.75) is 209 Å². The second-order valence-corrected chi connectivity index (χ2v) is 26.6. The van der Waals surface area contributed by atoms with E-state index in [-0.39, 0.29) is 36.6 Å². The zero-order valence-corrected chi connectivity index (χ0v) is 54.1. The largest absolute Gasteiger partial charge is 0.490 e. The summed E-state index contributed by atoms with van der Waals surface area (Å²) in [4.78, 5) is 39.4. The molecular formula is C68H92N8O12. The van der Waals surface area contributed by atoms with E-state index in [2.05, 4.69) is 73.9 Å². The Kier molecular flexibility index (Phi) is 20.4. The highest BCUT2D eigenvalue weighted by Crippen LogP contribution is 2.40. The number of piperidine rings is 2. The molecule has 12 rings (SSSR count). The molecule has 0 amide bonds. The summed E-state index contributed by atoms with van der Waals surface area (Å²) in [7, 11) is 0. The van der Waals surface area contributed by atoms with Crippen molar-refractivity contribution < 1.29 is 57.7 Å². The standard InChI is InChI=1S/2C34H46N4O6/c2*1-22-11-12-25-20-41-21-26-19-28-35-24(3)29(30(32(39)40)44-33(4,5)6)31(38(28)36-26)37-15-13-34(7,14-16-37)42-17-9-8-10-23(2)43-27(25)18-22/h2*8-9,11-12,18-19,23,30H,10,13-17,20-21H2,1-7H3,(H,39,40)/b9-8+;9-8-/t2*23-,30-/m00/s1. The van der Waals surface area contributed by atoms with E-state index in [4.69, 9.17) is 58.1 Å². The van der Waals surface area contributed by atoms with E-state index in [1.54, 1.807) is 9.03 Å². The molecule has 2 N–H and O–H groups in total. The first-order valence-electron chi connectivity index (χ1n) is 31.0. The Morgan fingerprint density at radius 3 is 1.30 bits per heavy atom. The summed E-state index contributed by atoms with van der Waals surface area (Å²) < 4.78 is 53.6. The van der Waals surface area contributed by atoms with Gasteiger partial charge in [0.25, 0.3) is 0 Å². The maximum Gasteiger partial charge on any atom is 0.337 e. The molecule has 0 spiro atoms. The molecule has 0 aliphatic carbocycles. The molecule has 20 nitrogen and oxygen atoms in total. The van der Waals surface area contributed by atoms with Crippen LogP contribution in [0.2, 0.25) is 0 Å². The highest BCUT2D eigenvalue weighted by molar-refractivity contribution is 5.79. The fraction of sp³-hybridized carbons (Fsp3) is 0.559. The van der Waals surface area contributed by atoms with Gasteiger partial charge >= 0.3 is 11.9 Å². The van der Waals surface area contributed by atoms with Gasteiger partial charge in [-0.05, 0) is 146 Å². The van der Waals surface area contributed by atoms with E-state index in [1.807, 2.05) is 106 Å². The molecule has 88 heavy (non-hydrogen) atoms. The molecule has 2 fully saturated rings. The molecule has 0 radical (unpaired) electrons. The molecule has 6 aromatic rings. The normalized spacial score (nSPS) is 23.2. The zero-order valence-electron chi connectivity index (χ0n) is 54.1. The van der Waals surface area contributed by atoms with Crippen molar-refractivity contribution in [2.24, 2.45) is 0 Å². The van der Waals surface area contributed by atoms with Gasteiger partial charge in [0.1, 0.15) is 23.1 Å². The van der Waals surface area contributed by atoms with Gasteiger partial charge in [-0.25, -0.2) is 19.6 Å². The SMILES string of the molecule is Cc1ccc2c(c1)O[C@@H](C)C/C=C/COC1(C)CCN(CC1)c1c([C@H](OC(C)(C)C)C(=O)O)c(C)nc3cc(nn13)COC2.Cc1ccc2c(c1)O[C@@H](C)C/C=C\COC1(C)CCN(CC1)c1c([C@H](OC(C)(C)C)C(=O)O)c(C)nc3cc(nn13)COC2. The lowest BCUT2D eigenvalue weighted by Gasteiger charge is -2.41. The Morgan fingerprint density at radius 2 is 0.943 bits per heavy atom. The molecule has 2 saturated heterocycles. The summed E-state index contributed by atoms with van der Waals surface area (Å²) >= 11 is 0. The van der Waals surface area contributed by atoms with Gasteiger partial charge in [-0.2, -0.15) is 19.2 Å². The second-order valence-electron chi connectivity index (χ2n) is 26.6. The summed E-state index contributed by atoms with van der Waals surface area (Å²) in [5.74, 6) is 0.874. The third-order valence-corrected chi connectivity index (χ3v) is 16.3. The minimum absolute atomic E-state index is 0.00603. The number of hydrogen-bond donors (Lipinski definition) is 2. The molecule has 6 aliphatic heterocycles. The van der Waals surface area contributed by atoms with Gasteiger partial charge in [0, 0.05) is 73.7 Å². The highest BCUT2D eigenvalue weighted by atomic mass is 16.5. The van der Waals surface area contributed by atoms with Crippen LogP contribution in [0.15, 0.2) is 72.8 Å². The van der Waals surface area contributed by atoms with Crippen LogP contribution in [0.4, 0.5) is 11.6 Å². The average Bonchev–Trinajstić information content (AvgIpc) is 1.49. The number of rotatable bonds is 6. The average molecular weight is 1210 g/mol. The van der Waals surface area contributed by atoms with E-state index >= 15 is 0 Å². The number of benzene rings is 2. The van der Waals surface area contributed by atoms with Crippen LogP contribution in [0.25, 0.3) is 11.3 Å². The number of ether oxygens (including phenoxy) is 8. The fourth-order valence-electron chi connectivity index (χ4n) is 11.6. The third kappa shape index (κ3) is 16.5. The van der Waals surface area contributed by atoms with Crippen LogP contribution in [-0.4, -0.2) is 125 Å². The molecule has 4 atom stereocenters. The molecule has 8 bridgehead atoms. The molecule has 20 heteroatoms. The number of carboxylic acid groups (broad SMARTS) is 2. The van der Waals surface area contributed by atoms with E-state index in [9.17, 15) is 19.8 Å². The molecule has 476 valence electrons. The van der Waals surface area contributed by atoms with Gasteiger partial charge in [-0.3, -0.25) is 0 Å². The molecule has 4 aromatic heterocycles. The number of nitrogens with zero attached hydrogens (tertiary/aromatic N) is 8. The quantitative estimate of drug-likeness (QED) is 0.148. The summed E-state index contributed by atoms with van der Waals surface area (Å²) in [6.07, 6.45) is 10.5. The van der Waals surface area contributed by atoms with Crippen molar-refractivity contribution >= 4 is 34.9 Å². The smallest absolute Gasteiger partial charge is 0.337 e. The Morgan fingerprint density at radius 1 is 0.568 bits per heavy atom. The van der Waals surface area contributed by atoms with Crippen LogP contribution in [-0.2, 0) is 64.4 Å². The monoisotopic (exact) mass is 1210 g/mol. The Labute approximate surface area is 518 Å².